The highest BCUT2D eigenvalue weighted by Gasteiger charge is 2.23. The van der Waals surface area contributed by atoms with Crippen LogP contribution in [0.1, 0.15) is 5.56 Å². The number of nitrogens with zero attached hydrogens (tertiary/aromatic N) is 5. The van der Waals surface area contributed by atoms with E-state index in [4.69, 9.17) is 24.7 Å². The van der Waals surface area contributed by atoms with Crippen LogP contribution >= 0.6 is 0 Å². The number of para-hydroxylation sites is 1. The number of methoxy groups -OCH3 is 1. The van der Waals surface area contributed by atoms with Crippen molar-refractivity contribution < 1.29 is 9.47 Å². The minimum atomic E-state index is 0.479. The molecular weight excluding hydrogens is 486 g/mol. The van der Waals surface area contributed by atoms with Gasteiger partial charge in [-0.2, -0.15) is 5.26 Å². The van der Waals surface area contributed by atoms with E-state index in [9.17, 15) is 0 Å². The van der Waals surface area contributed by atoms with Gasteiger partial charge in [0.1, 0.15) is 11.5 Å². The molecule has 7 heteroatoms. The van der Waals surface area contributed by atoms with E-state index in [0.29, 0.717) is 17.2 Å². The second-order valence-corrected chi connectivity index (χ2v) is 9.33. The van der Waals surface area contributed by atoms with Crippen LogP contribution in [0.3, 0.4) is 0 Å². The maximum Gasteiger partial charge on any atom is 0.263 e. The fourth-order valence-corrected chi connectivity index (χ4v) is 4.79. The molecular formula is C32H27N5O2. The lowest BCUT2D eigenvalue weighted by Crippen LogP contribution is -2.47. The zero-order valence-corrected chi connectivity index (χ0v) is 21.6. The molecule has 5 aromatic rings. The number of aromatic nitrogens is 2. The standard InChI is InChI=1S/C32H27N5O2/c1-38-28-15-16-29-30(21-28)34-31(37-19-17-36(18-20-37)26-5-3-2-4-6-26)32(35-29)39-27-13-11-25(12-14-27)24-9-7-23(22-33)8-10-24/h2-16,21H,17-20H2,1H3. The molecule has 6 rings (SSSR count). The quantitative estimate of drug-likeness (QED) is 0.264. The third-order valence-corrected chi connectivity index (χ3v) is 6.94. The Hall–Kier alpha value is -5.09. The molecule has 0 atom stereocenters. The normalized spacial score (nSPS) is 13.2. The van der Waals surface area contributed by atoms with E-state index in [2.05, 4.69) is 40.1 Å². The van der Waals surface area contributed by atoms with Gasteiger partial charge in [-0.1, -0.05) is 42.5 Å². The van der Waals surface area contributed by atoms with E-state index in [1.165, 1.54) is 5.69 Å². The van der Waals surface area contributed by atoms with Crippen molar-refractivity contribution in [3.05, 3.63) is 103 Å². The van der Waals surface area contributed by atoms with Crippen LogP contribution in [0.2, 0.25) is 0 Å². The topological polar surface area (TPSA) is 74.5 Å². The van der Waals surface area contributed by atoms with Crippen LogP contribution in [0.5, 0.6) is 17.4 Å². The number of hydrogen-bond donors (Lipinski definition) is 0. The number of piperazine rings is 1. The van der Waals surface area contributed by atoms with Gasteiger partial charge in [0, 0.05) is 37.9 Å². The van der Waals surface area contributed by atoms with Crippen molar-refractivity contribution in [2.24, 2.45) is 0 Å². The number of nitriles is 1. The minimum absolute atomic E-state index is 0.479. The van der Waals surface area contributed by atoms with Gasteiger partial charge in [-0.15, -0.1) is 0 Å². The third-order valence-electron chi connectivity index (χ3n) is 6.94. The summed E-state index contributed by atoms with van der Waals surface area (Å²) >= 11 is 0. The van der Waals surface area contributed by atoms with E-state index in [-0.39, 0.29) is 0 Å². The molecule has 0 N–H and O–H groups in total. The molecule has 1 aliphatic heterocycles. The van der Waals surface area contributed by atoms with Crippen LogP contribution in [0.4, 0.5) is 11.5 Å². The summed E-state index contributed by atoms with van der Waals surface area (Å²) in [5, 5.41) is 9.06. The molecule has 1 saturated heterocycles. The SMILES string of the molecule is COc1ccc2nc(Oc3ccc(-c4ccc(C#N)cc4)cc3)c(N3CCN(c4ccccc4)CC3)nc2c1. The van der Waals surface area contributed by atoms with Gasteiger partial charge >= 0.3 is 0 Å². The van der Waals surface area contributed by atoms with Crippen LogP contribution in [-0.2, 0) is 0 Å². The second kappa shape index (κ2) is 10.7. The Morgan fingerprint density at radius 3 is 2.00 bits per heavy atom. The van der Waals surface area contributed by atoms with Crippen LogP contribution in [0, 0.1) is 11.3 Å². The molecule has 1 fully saturated rings. The Labute approximate surface area is 227 Å². The van der Waals surface area contributed by atoms with Gasteiger partial charge in [-0.3, -0.25) is 0 Å². The van der Waals surface area contributed by atoms with Crippen molar-refractivity contribution in [3.8, 4) is 34.6 Å². The van der Waals surface area contributed by atoms with Crippen LogP contribution in [0.15, 0.2) is 97.1 Å². The van der Waals surface area contributed by atoms with Gasteiger partial charge in [0.15, 0.2) is 5.82 Å². The summed E-state index contributed by atoms with van der Waals surface area (Å²) in [6.45, 7) is 3.35. The number of ether oxygens (including phenoxy) is 2. The summed E-state index contributed by atoms with van der Waals surface area (Å²) in [7, 11) is 1.65. The highest BCUT2D eigenvalue weighted by atomic mass is 16.5. The van der Waals surface area contributed by atoms with Crippen molar-refractivity contribution in [2.45, 2.75) is 0 Å². The largest absolute Gasteiger partial charge is 0.497 e. The Kier molecular flexibility index (Phi) is 6.67. The Bertz CT molecular complexity index is 1620. The molecule has 0 spiro atoms. The van der Waals surface area contributed by atoms with E-state index < -0.39 is 0 Å². The molecule has 0 saturated carbocycles. The lowest BCUT2D eigenvalue weighted by atomic mass is 10.0. The van der Waals surface area contributed by atoms with Gasteiger partial charge < -0.3 is 19.3 Å². The summed E-state index contributed by atoms with van der Waals surface area (Å²) < 4.78 is 11.8. The molecule has 1 aromatic heterocycles. The number of fused-ring (bicyclic) bond motifs is 1. The molecule has 7 nitrogen and oxygen atoms in total. The van der Waals surface area contributed by atoms with Gasteiger partial charge in [-0.25, -0.2) is 9.97 Å². The molecule has 0 radical (unpaired) electrons. The number of anilines is 2. The lowest BCUT2D eigenvalue weighted by Gasteiger charge is -2.37. The van der Waals surface area contributed by atoms with Gasteiger partial charge in [0.2, 0.25) is 0 Å². The van der Waals surface area contributed by atoms with Crippen molar-refractivity contribution in [1.29, 1.82) is 5.26 Å². The Morgan fingerprint density at radius 2 is 1.33 bits per heavy atom. The Balaban J connectivity index is 1.28. The number of rotatable bonds is 6. The zero-order chi connectivity index (χ0) is 26.6. The summed E-state index contributed by atoms with van der Waals surface area (Å²) in [6, 6.07) is 33.8. The molecule has 0 amide bonds. The fraction of sp³-hybridized carbons (Fsp3) is 0.156. The molecule has 39 heavy (non-hydrogen) atoms. The van der Waals surface area contributed by atoms with E-state index >= 15 is 0 Å². The summed E-state index contributed by atoms with van der Waals surface area (Å²) in [5.74, 6) is 2.62. The molecule has 4 aromatic carbocycles. The molecule has 1 aliphatic rings. The third kappa shape index (κ3) is 5.18. The first-order chi connectivity index (χ1) is 19.2. The average Bonchev–Trinajstić information content (AvgIpc) is 3.01. The predicted molar refractivity (Wildman–Crippen MR) is 154 cm³/mol. The highest BCUT2D eigenvalue weighted by Crippen LogP contribution is 2.34. The fourth-order valence-electron chi connectivity index (χ4n) is 4.79. The van der Waals surface area contributed by atoms with Crippen molar-refractivity contribution in [2.75, 3.05) is 43.1 Å². The smallest absolute Gasteiger partial charge is 0.263 e. The van der Waals surface area contributed by atoms with Gasteiger partial charge in [0.25, 0.3) is 5.88 Å². The van der Waals surface area contributed by atoms with E-state index in [1.807, 2.05) is 72.8 Å². The van der Waals surface area contributed by atoms with E-state index in [1.54, 1.807) is 7.11 Å². The van der Waals surface area contributed by atoms with Gasteiger partial charge in [0.05, 0.1) is 29.8 Å². The lowest BCUT2D eigenvalue weighted by molar-refractivity contribution is 0.415. The number of hydrogen-bond acceptors (Lipinski definition) is 7. The van der Waals surface area contributed by atoms with Crippen LogP contribution < -0.4 is 19.3 Å². The summed E-state index contributed by atoms with van der Waals surface area (Å²) in [5.41, 5.74) is 5.46. The molecule has 0 unspecified atom stereocenters. The monoisotopic (exact) mass is 513 g/mol. The first-order valence-corrected chi connectivity index (χ1v) is 12.9. The maximum atomic E-state index is 9.06. The average molecular weight is 514 g/mol. The Morgan fingerprint density at radius 1 is 0.692 bits per heavy atom. The van der Waals surface area contributed by atoms with Crippen molar-refractivity contribution in [3.63, 3.8) is 0 Å². The minimum Gasteiger partial charge on any atom is -0.497 e. The first kappa shape index (κ1) is 24.3. The van der Waals surface area contributed by atoms with E-state index in [0.717, 1.165) is 59.9 Å². The predicted octanol–water partition coefficient (Wildman–Crippen LogP) is 6.30. The molecule has 0 aliphatic carbocycles. The highest BCUT2D eigenvalue weighted by molar-refractivity contribution is 5.79. The van der Waals surface area contributed by atoms with Crippen LogP contribution in [0.25, 0.3) is 22.2 Å². The maximum absolute atomic E-state index is 9.06. The van der Waals surface area contributed by atoms with Crippen LogP contribution in [-0.4, -0.2) is 43.3 Å². The molecule has 0 bridgehead atoms. The summed E-state index contributed by atoms with van der Waals surface area (Å²) in [4.78, 5) is 14.5. The second-order valence-electron chi connectivity index (χ2n) is 9.33. The molecule has 2 heterocycles. The van der Waals surface area contributed by atoms with Crippen molar-refractivity contribution in [1.82, 2.24) is 9.97 Å². The van der Waals surface area contributed by atoms with Gasteiger partial charge in [-0.05, 0) is 59.7 Å². The number of benzene rings is 4. The molecule has 192 valence electrons. The zero-order valence-electron chi connectivity index (χ0n) is 21.6. The first-order valence-electron chi connectivity index (χ1n) is 12.9. The summed E-state index contributed by atoms with van der Waals surface area (Å²) in [6.07, 6.45) is 0. The van der Waals surface area contributed by atoms with Crippen molar-refractivity contribution >= 4 is 22.5 Å².